The zero-order chi connectivity index (χ0) is 22.5. The summed E-state index contributed by atoms with van der Waals surface area (Å²) in [6.45, 7) is 3.81. The number of hydrogen-bond donors (Lipinski definition) is 1. The molecule has 3 amide bonds. The molecule has 0 bridgehead atoms. The Balaban J connectivity index is 1.26. The molecular formula is C25H25N3O3S. The minimum absolute atomic E-state index is 0.0249. The van der Waals surface area contributed by atoms with Crippen LogP contribution in [0.25, 0.3) is 11.1 Å². The third-order valence-electron chi connectivity index (χ3n) is 5.63. The molecule has 1 fully saturated rings. The second-order valence-electron chi connectivity index (χ2n) is 7.73. The van der Waals surface area contributed by atoms with Crippen LogP contribution in [0, 0.1) is 6.92 Å². The largest absolute Gasteiger partial charge is 0.343 e. The van der Waals surface area contributed by atoms with Gasteiger partial charge in [0.1, 0.15) is 0 Å². The lowest BCUT2D eigenvalue weighted by Crippen LogP contribution is -2.52. The van der Waals surface area contributed by atoms with Crippen LogP contribution < -0.4 is 5.32 Å². The van der Waals surface area contributed by atoms with Crippen LogP contribution in [0.1, 0.15) is 25.6 Å². The lowest BCUT2D eigenvalue weighted by molar-refractivity contribution is -0.131. The van der Waals surface area contributed by atoms with E-state index in [2.05, 4.69) is 5.32 Å². The van der Waals surface area contributed by atoms with E-state index in [4.69, 9.17) is 0 Å². The van der Waals surface area contributed by atoms with E-state index in [9.17, 15) is 14.4 Å². The number of hydrogen-bond acceptors (Lipinski definition) is 4. The van der Waals surface area contributed by atoms with E-state index in [0.29, 0.717) is 31.7 Å². The molecule has 3 aromatic rings. The third-order valence-corrected chi connectivity index (χ3v) is 6.63. The van der Waals surface area contributed by atoms with Crippen molar-refractivity contribution < 1.29 is 14.4 Å². The zero-order valence-electron chi connectivity index (χ0n) is 17.9. The molecular weight excluding hydrogens is 422 g/mol. The Morgan fingerprint density at radius 2 is 1.47 bits per heavy atom. The number of benzene rings is 2. The minimum atomic E-state index is -0.278. The van der Waals surface area contributed by atoms with Crippen molar-refractivity contribution in [1.29, 1.82) is 0 Å². The highest BCUT2D eigenvalue weighted by Crippen LogP contribution is 2.20. The molecule has 2 aromatic carbocycles. The van der Waals surface area contributed by atoms with Crippen molar-refractivity contribution in [1.82, 2.24) is 15.1 Å². The molecule has 0 spiro atoms. The predicted molar refractivity (Wildman–Crippen MR) is 126 cm³/mol. The summed E-state index contributed by atoms with van der Waals surface area (Å²) in [5, 5.41) is 4.63. The van der Waals surface area contributed by atoms with E-state index < -0.39 is 0 Å². The molecule has 0 radical (unpaired) electrons. The third kappa shape index (κ3) is 4.89. The topological polar surface area (TPSA) is 69.7 Å². The van der Waals surface area contributed by atoms with E-state index in [0.717, 1.165) is 21.6 Å². The van der Waals surface area contributed by atoms with Gasteiger partial charge in [-0.15, -0.1) is 11.3 Å². The Bertz CT molecular complexity index is 1100. The number of rotatable bonds is 5. The van der Waals surface area contributed by atoms with Gasteiger partial charge in [-0.05, 0) is 47.2 Å². The Morgan fingerprint density at radius 3 is 2.09 bits per heavy atom. The Hall–Kier alpha value is -3.45. The van der Waals surface area contributed by atoms with Crippen molar-refractivity contribution in [3.05, 3.63) is 82.0 Å². The fourth-order valence-corrected chi connectivity index (χ4v) is 4.60. The first-order chi connectivity index (χ1) is 15.5. The van der Waals surface area contributed by atoms with Gasteiger partial charge in [-0.25, -0.2) is 0 Å². The molecule has 1 aliphatic heterocycles. The van der Waals surface area contributed by atoms with Gasteiger partial charge in [0.25, 0.3) is 11.8 Å². The molecule has 32 heavy (non-hydrogen) atoms. The number of aryl methyl sites for hydroxylation is 1. The molecule has 1 aliphatic rings. The van der Waals surface area contributed by atoms with Gasteiger partial charge in [0.15, 0.2) is 0 Å². The number of carbonyl (C=O) groups is 3. The van der Waals surface area contributed by atoms with Gasteiger partial charge in [0, 0.05) is 31.7 Å². The predicted octanol–water partition coefficient (Wildman–Crippen LogP) is 3.44. The van der Waals surface area contributed by atoms with Gasteiger partial charge in [-0.3, -0.25) is 14.4 Å². The van der Waals surface area contributed by atoms with Gasteiger partial charge in [0.2, 0.25) is 5.91 Å². The Kier molecular flexibility index (Phi) is 6.66. The van der Waals surface area contributed by atoms with Gasteiger partial charge in [-0.1, -0.05) is 42.5 Å². The van der Waals surface area contributed by atoms with E-state index >= 15 is 0 Å². The van der Waals surface area contributed by atoms with Crippen molar-refractivity contribution in [3.8, 4) is 11.1 Å². The molecule has 1 aromatic heterocycles. The molecule has 0 unspecified atom stereocenters. The number of amides is 3. The monoisotopic (exact) mass is 447 g/mol. The standard InChI is InChI=1S/C25H25N3O3S/c1-18-11-16-32-23(18)25(31)28-14-12-27(13-15-28)22(29)17-26-24(30)21-9-7-20(8-10-21)19-5-3-2-4-6-19/h2-11,16H,12-15,17H2,1H3,(H,26,30). The summed E-state index contributed by atoms with van der Waals surface area (Å²) in [7, 11) is 0. The molecule has 2 heterocycles. The zero-order valence-corrected chi connectivity index (χ0v) is 18.7. The number of piperazine rings is 1. The van der Waals surface area contributed by atoms with Crippen LogP contribution in [-0.4, -0.2) is 60.2 Å². The summed E-state index contributed by atoms with van der Waals surface area (Å²) in [5.74, 6) is -0.393. The van der Waals surface area contributed by atoms with Crippen molar-refractivity contribution >= 4 is 29.1 Å². The fourth-order valence-electron chi connectivity index (χ4n) is 3.71. The molecule has 7 heteroatoms. The normalized spacial score (nSPS) is 13.7. The molecule has 4 rings (SSSR count). The fraction of sp³-hybridized carbons (Fsp3) is 0.240. The maximum absolute atomic E-state index is 12.6. The second-order valence-corrected chi connectivity index (χ2v) is 8.65. The van der Waals surface area contributed by atoms with Crippen LogP contribution in [0.2, 0.25) is 0 Å². The highest BCUT2D eigenvalue weighted by Gasteiger charge is 2.26. The maximum atomic E-state index is 12.6. The van der Waals surface area contributed by atoms with Crippen LogP contribution in [-0.2, 0) is 4.79 Å². The van der Waals surface area contributed by atoms with Crippen molar-refractivity contribution in [2.24, 2.45) is 0 Å². The number of nitrogens with zero attached hydrogens (tertiary/aromatic N) is 2. The van der Waals surface area contributed by atoms with Crippen molar-refractivity contribution in [2.45, 2.75) is 6.92 Å². The average Bonchev–Trinajstić information content (AvgIpc) is 3.28. The van der Waals surface area contributed by atoms with Gasteiger partial charge >= 0.3 is 0 Å². The summed E-state index contributed by atoms with van der Waals surface area (Å²) in [6.07, 6.45) is 0. The molecule has 0 atom stereocenters. The Morgan fingerprint density at radius 1 is 0.844 bits per heavy atom. The highest BCUT2D eigenvalue weighted by atomic mass is 32.1. The Labute approximate surface area is 191 Å². The number of carbonyl (C=O) groups excluding carboxylic acids is 3. The van der Waals surface area contributed by atoms with E-state index in [1.807, 2.05) is 60.8 Å². The van der Waals surface area contributed by atoms with Crippen LogP contribution >= 0.6 is 11.3 Å². The summed E-state index contributed by atoms with van der Waals surface area (Å²) in [5.41, 5.74) is 3.61. The first-order valence-electron chi connectivity index (χ1n) is 10.6. The maximum Gasteiger partial charge on any atom is 0.264 e. The average molecular weight is 448 g/mol. The van der Waals surface area contributed by atoms with Gasteiger partial charge in [-0.2, -0.15) is 0 Å². The summed E-state index contributed by atoms with van der Waals surface area (Å²) in [6, 6.07) is 19.2. The molecule has 1 N–H and O–H groups in total. The summed E-state index contributed by atoms with van der Waals surface area (Å²) in [4.78, 5) is 41.9. The van der Waals surface area contributed by atoms with Crippen molar-refractivity contribution in [2.75, 3.05) is 32.7 Å². The molecule has 1 saturated heterocycles. The molecule has 0 saturated carbocycles. The number of thiophene rings is 1. The van der Waals surface area contributed by atoms with Crippen LogP contribution in [0.4, 0.5) is 0 Å². The highest BCUT2D eigenvalue weighted by molar-refractivity contribution is 7.12. The lowest BCUT2D eigenvalue weighted by atomic mass is 10.0. The SMILES string of the molecule is Cc1ccsc1C(=O)N1CCN(C(=O)CNC(=O)c2ccc(-c3ccccc3)cc2)CC1. The van der Waals surface area contributed by atoms with E-state index in [1.54, 1.807) is 21.9 Å². The first kappa shape index (κ1) is 21.8. The summed E-state index contributed by atoms with van der Waals surface area (Å²) >= 11 is 1.45. The van der Waals surface area contributed by atoms with Gasteiger partial charge in [0.05, 0.1) is 11.4 Å². The van der Waals surface area contributed by atoms with E-state index in [-0.39, 0.29) is 24.3 Å². The van der Waals surface area contributed by atoms with Crippen molar-refractivity contribution in [3.63, 3.8) is 0 Å². The quantitative estimate of drug-likeness (QED) is 0.651. The molecule has 164 valence electrons. The molecule has 6 nitrogen and oxygen atoms in total. The first-order valence-corrected chi connectivity index (χ1v) is 11.5. The van der Waals surface area contributed by atoms with Crippen LogP contribution in [0.15, 0.2) is 66.0 Å². The summed E-state index contributed by atoms with van der Waals surface area (Å²) < 4.78 is 0. The van der Waals surface area contributed by atoms with Crippen LogP contribution in [0.3, 0.4) is 0 Å². The smallest absolute Gasteiger partial charge is 0.264 e. The van der Waals surface area contributed by atoms with Gasteiger partial charge < -0.3 is 15.1 Å². The molecule has 0 aliphatic carbocycles. The second kappa shape index (κ2) is 9.78. The minimum Gasteiger partial charge on any atom is -0.343 e. The van der Waals surface area contributed by atoms with E-state index in [1.165, 1.54) is 11.3 Å². The number of nitrogens with one attached hydrogen (secondary N) is 1. The van der Waals surface area contributed by atoms with Crippen LogP contribution in [0.5, 0.6) is 0 Å². The lowest BCUT2D eigenvalue weighted by Gasteiger charge is -2.34.